The summed E-state index contributed by atoms with van der Waals surface area (Å²) in [6, 6.07) is 14.5. The monoisotopic (exact) mass is 930 g/mol. The van der Waals surface area contributed by atoms with Gasteiger partial charge in [-0.3, -0.25) is 14.4 Å². The van der Waals surface area contributed by atoms with Crippen molar-refractivity contribution in [2.24, 2.45) is 70.5 Å². The number of rotatable bonds is 4. The van der Waals surface area contributed by atoms with Gasteiger partial charge in [0.2, 0.25) is 17.7 Å². The quantitative estimate of drug-likeness (QED) is 0.165. The first kappa shape index (κ1) is 36.6. The second-order valence-electron chi connectivity index (χ2n) is 23.1. The number of allylic oxidation sites excluding steroid dienone is 19. The Hall–Kier alpha value is -8.30. The molecule has 11 atom stereocenters. The molecule has 3 heterocycles. The molecule has 11 unspecified atom stereocenters. The number of fused-ring (bicyclic) bond motifs is 6. The van der Waals surface area contributed by atoms with Gasteiger partial charge in [0.15, 0.2) is 0 Å². The van der Waals surface area contributed by atoms with Crippen molar-refractivity contribution < 1.29 is 24.3 Å². The molecule has 0 spiro atoms. The Morgan fingerprint density at radius 1 is 0.736 bits per heavy atom. The second-order valence-corrected chi connectivity index (χ2v) is 23.1. The summed E-state index contributed by atoms with van der Waals surface area (Å²) in [5.74, 6) is -3.52. The van der Waals surface area contributed by atoms with Crippen LogP contribution >= 0.6 is 0 Å². The Labute approximate surface area is 409 Å². The van der Waals surface area contributed by atoms with Gasteiger partial charge in [-0.1, -0.05) is 78.9 Å². The number of nitrogens with two attached hydrogens (primary N) is 3. The maximum absolute atomic E-state index is 14.4. The van der Waals surface area contributed by atoms with E-state index < -0.39 is 23.7 Å². The summed E-state index contributed by atoms with van der Waals surface area (Å²) >= 11 is 0. The first-order valence-corrected chi connectivity index (χ1v) is 25.6. The predicted octanol–water partition coefficient (Wildman–Crippen LogP) is 7.52. The third-order valence-corrected chi connectivity index (χ3v) is 21.2. The molecular weight excluding hydrogens is 893 g/mol. The molecule has 1 saturated heterocycles. The van der Waals surface area contributed by atoms with Crippen LogP contribution in [0.1, 0.15) is 50.5 Å². The van der Waals surface area contributed by atoms with Crippen molar-refractivity contribution in [1.29, 1.82) is 0 Å². The van der Waals surface area contributed by atoms with E-state index in [4.69, 9.17) is 17.2 Å². The van der Waals surface area contributed by atoms with E-state index in [2.05, 4.69) is 89.9 Å². The van der Waals surface area contributed by atoms with E-state index in [9.17, 15) is 24.3 Å². The Kier molecular flexibility index (Phi) is 5.56. The zero-order chi connectivity index (χ0) is 47.3. The largest absolute Gasteiger partial charge is 0.478 e. The van der Waals surface area contributed by atoms with Gasteiger partial charge in [0.05, 0.1) is 23.2 Å². The minimum absolute atomic E-state index is 0.00184. The molecule has 3 aliphatic heterocycles. The molecule has 72 heavy (non-hydrogen) atoms. The molecule has 4 aromatic rings. The molecule has 340 valence electrons. The first-order valence-electron chi connectivity index (χ1n) is 25.6. The van der Waals surface area contributed by atoms with E-state index in [-0.39, 0.29) is 70.8 Å². The average Bonchev–Trinajstić information content (AvgIpc) is 3.44. The van der Waals surface area contributed by atoms with Gasteiger partial charge in [0.25, 0.3) is 0 Å². The highest BCUT2D eigenvalue weighted by molar-refractivity contribution is 6.21. The first-order chi connectivity index (χ1) is 35.1. The number of carboxylic acid groups (broad SMARTS) is 1. The van der Waals surface area contributed by atoms with E-state index in [0.29, 0.717) is 24.0 Å². The Balaban J connectivity index is 1.04. The van der Waals surface area contributed by atoms with Gasteiger partial charge in [-0.05, 0) is 152 Å². The summed E-state index contributed by atoms with van der Waals surface area (Å²) in [4.78, 5) is 58.4. The zero-order valence-corrected chi connectivity index (χ0v) is 38.3. The third kappa shape index (κ3) is 3.40. The number of piperidine rings is 1. The summed E-state index contributed by atoms with van der Waals surface area (Å²) in [5.41, 5.74) is 47.7. The Bertz CT molecular complexity index is 4410. The van der Waals surface area contributed by atoms with Crippen LogP contribution in [0.15, 0.2) is 175 Å². The van der Waals surface area contributed by atoms with Gasteiger partial charge in [-0.2, -0.15) is 0 Å². The number of benzene rings is 4. The number of hydrogen-bond donors (Lipinski definition) is 4. The SMILES string of the molecule is NC(=O)C1=C2Cc3c4c5c6c(ccc7cc(C(=O)O)cc3c76)C3=CC=CC6C7=CC(C(N)=O)C8=CC9=C%10C%11C8C7=C(C=5C36)C3C%11C5=C(C(=C1)c1cccc6c1N5C%10C1=C6CC(C(N)=O)=C5C=CC=C9C51)C2C43. The molecule has 16 aliphatic rings. The lowest BCUT2D eigenvalue weighted by atomic mass is 9.37. The van der Waals surface area contributed by atoms with Crippen LogP contribution in [0.2, 0.25) is 0 Å². The van der Waals surface area contributed by atoms with Gasteiger partial charge < -0.3 is 27.2 Å². The van der Waals surface area contributed by atoms with E-state index in [0.717, 1.165) is 77.5 Å². The number of carboxylic acids is 1. The van der Waals surface area contributed by atoms with E-state index >= 15 is 0 Å². The summed E-state index contributed by atoms with van der Waals surface area (Å²) < 4.78 is 0. The molecule has 4 aromatic carbocycles. The van der Waals surface area contributed by atoms with Crippen LogP contribution in [0.4, 0.5) is 5.69 Å². The van der Waals surface area contributed by atoms with Crippen molar-refractivity contribution in [3.8, 4) is 0 Å². The predicted molar refractivity (Wildman–Crippen MR) is 270 cm³/mol. The van der Waals surface area contributed by atoms with Crippen LogP contribution in [0.3, 0.4) is 0 Å². The normalized spacial score (nSPS) is 33.7. The molecule has 13 aliphatic carbocycles. The van der Waals surface area contributed by atoms with E-state index in [1.165, 1.54) is 72.0 Å². The molecule has 0 bridgehead atoms. The summed E-state index contributed by atoms with van der Waals surface area (Å²) in [7, 11) is 0. The zero-order valence-electron chi connectivity index (χ0n) is 38.3. The van der Waals surface area contributed by atoms with Crippen molar-refractivity contribution in [2.45, 2.75) is 24.8 Å². The summed E-state index contributed by atoms with van der Waals surface area (Å²) in [5, 5.41) is 16.2. The summed E-state index contributed by atoms with van der Waals surface area (Å²) in [6.07, 6.45) is 21.0. The fourth-order valence-electron chi connectivity index (χ4n) is 19.5. The van der Waals surface area contributed by atoms with Crippen LogP contribution < -0.4 is 27.3 Å². The number of carbonyl (C=O) groups is 4. The van der Waals surface area contributed by atoms with Crippen molar-refractivity contribution in [1.82, 2.24) is 0 Å². The van der Waals surface area contributed by atoms with Crippen LogP contribution in [0.25, 0.3) is 43.8 Å². The summed E-state index contributed by atoms with van der Waals surface area (Å²) in [6.45, 7) is 0. The highest BCUT2D eigenvalue weighted by atomic mass is 16.4. The smallest absolute Gasteiger partial charge is 0.335 e. The molecule has 3 amide bonds. The van der Waals surface area contributed by atoms with Gasteiger partial charge in [-0.15, -0.1) is 0 Å². The van der Waals surface area contributed by atoms with E-state index in [1.54, 1.807) is 0 Å². The molecule has 1 fully saturated rings. The minimum atomic E-state index is -0.967. The number of carbonyl (C=O) groups excluding carboxylic acids is 3. The lowest BCUT2D eigenvalue weighted by Crippen LogP contribution is -2.65. The average molecular weight is 931 g/mol. The van der Waals surface area contributed by atoms with Crippen LogP contribution in [-0.4, -0.2) is 34.8 Å². The van der Waals surface area contributed by atoms with Gasteiger partial charge in [0.1, 0.15) is 0 Å². The maximum Gasteiger partial charge on any atom is 0.335 e. The lowest BCUT2D eigenvalue weighted by molar-refractivity contribution is -0.120. The van der Waals surface area contributed by atoms with Crippen LogP contribution in [-0.2, 0) is 20.8 Å². The van der Waals surface area contributed by atoms with Crippen molar-refractivity contribution in [3.05, 3.63) is 214 Å². The van der Waals surface area contributed by atoms with Gasteiger partial charge in [-0.25, -0.2) is 4.79 Å². The topological polar surface area (TPSA) is 170 Å². The molecule has 0 saturated carbocycles. The maximum atomic E-state index is 14.4. The fourth-order valence-corrected chi connectivity index (χ4v) is 19.5. The molecule has 9 heteroatoms. The molecule has 7 N–H and O–H groups in total. The van der Waals surface area contributed by atoms with E-state index in [1.807, 2.05) is 12.1 Å². The molecule has 0 aromatic heterocycles. The van der Waals surface area contributed by atoms with Crippen molar-refractivity contribution in [3.63, 3.8) is 0 Å². The number of anilines is 1. The molecular formula is C63H38N4O5. The Morgan fingerprint density at radius 3 is 2.43 bits per heavy atom. The molecule has 0 radical (unpaired) electrons. The Morgan fingerprint density at radius 2 is 1.60 bits per heavy atom. The number of para-hydroxylation sites is 1. The number of primary amides is 3. The third-order valence-electron chi connectivity index (χ3n) is 21.2. The number of nitrogens with zero attached hydrogens (tertiary/aromatic N) is 1. The lowest BCUT2D eigenvalue weighted by Gasteiger charge is -2.70. The standard InChI is InChI=1S/C63H38N4O5/c64-60(68)36-17-31-26-8-3-9-27-32-18-38(62(66)70)35-15-33-28-13-20(63(71)72)12-19-10-11-25-21-4-1-5-22-29-16-37(61(65)69)34-14-30-23-6-2-7-24(36)40(23)47(31)58-49(30)53-44(34)43(29)54-50(41(21)22)51(42(25)39(19)28)46(33)52-45(35)48(32)59(56(53)55(52)54)67(58)57(26)27/h1-14,16,18,22,37,40-41,44-45,52-53,55-56,58H,15,17H2,(H2,64,68)(H2,65,69)(H2,66,70)(H,71,72). The van der Waals surface area contributed by atoms with Crippen LogP contribution in [0.5, 0.6) is 0 Å². The highest BCUT2D eigenvalue weighted by Crippen LogP contribution is 2.79. The molecule has 20 rings (SSSR count). The van der Waals surface area contributed by atoms with Crippen LogP contribution in [0, 0.1) is 53.3 Å². The number of amides is 3. The van der Waals surface area contributed by atoms with Crippen molar-refractivity contribution >= 4 is 73.2 Å². The second kappa shape index (κ2) is 10.9. The number of aromatic carboxylic acids is 1. The van der Waals surface area contributed by atoms with Crippen molar-refractivity contribution in [2.75, 3.05) is 4.90 Å². The fraction of sp³-hybridized carbons (Fsp3) is 0.206. The van der Waals surface area contributed by atoms with Gasteiger partial charge >= 0.3 is 5.97 Å². The minimum Gasteiger partial charge on any atom is -0.478 e. The van der Waals surface area contributed by atoms with Gasteiger partial charge in [0, 0.05) is 87.7 Å². The molecule has 9 nitrogen and oxygen atoms in total. The highest BCUT2D eigenvalue weighted by Gasteiger charge is 2.71. The number of hydrogen-bond acceptors (Lipinski definition) is 5.